The van der Waals surface area contributed by atoms with Crippen molar-refractivity contribution in [1.82, 2.24) is 5.32 Å². The Morgan fingerprint density at radius 1 is 1.00 bits per heavy atom. The fourth-order valence-electron chi connectivity index (χ4n) is 3.47. The number of carbonyl (C=O) groups is 2. The summed E-state index contributed by atoms with van der Waals surface area (Å²) in [5.74, 6) is -0.468. The van der Waals surface area contributed by atoms with E-state index < -0.39 is 0 Å². The van der Waals surface area contributed by atoms with Gasteiger partial charge < -0.3 is 21.1 Å². The first-order valence-electron chi connectivity index (χ1n) is 9.43. The lowest BCUT2D eigenvalue weighted by Crippen LogP contribution is -2.17. The average Bonchev–Trinajstić information content (AvgIpc) is 3.15. The van der Waals surface area contributed by atoms with E-state index in [1.54, 1.807) is 30.3 Å². The van der Waals surface area contributed by atoms with Crippen molar-refractivity contribution in [3.05, 3.63) is 83.4 Å². The zero-order valence-electron chi connectivity index (χ0n) is 15.7. The largest absolute Gasteiger partial charge is 0.395 e. The van der Waals surface area contributed by atoms with Gasteiger partial charge in [0.15, 0.2) is 0 Å². The fourth-order valence-corrected chi connectivity index (χ4v) is 3.47. The van der Waals surface area contributed by atoms with Crippen LogP contribution in [0.5, 0.6) is 0 Å². The smallest absolute Gasteiger partial charge is 0.255 e. The third-order valence-electron chi connectivity index (χ3n) is 4.89. The molecule has 1 aliphatic heterocycles. The number of hydrogen-bond acceptors (Lipinski definition) is 4. The number of aliphatic hydroxyl groups is 1. The van der Waals surface area contributed by atoms with Crippen LogP contribution in [0.1, 0.15) is 26.3 Å². The summed E-state index contributed by atoms with van der Waals surface area (Å²) in [5.41, 5.74) is 5.23. The monoisotopic (exact) mass is 387 g/mol. The van der Waals surface area contributed by atoms with Crippen LogP contribution in [0.25, 0.3) is 11.1 Å². The normalized spacial score (nSPS) is 12.2. The van der Waals surface area contributed by atoms with Crippen molar-refractivity contribution in [2.75, 3.05) is 23.8 Å². The molecular weight excluding hydrogens is 366 g/mol. The van der Waals surface area contributed by atoms with Gasteiger partial charge in [0.05, 0.1) is 17.9 Å². The fraction of sp³-hybridized carbons (Fsp3) is 0.130. The third-order valence-corrected chi connectivity index (χ3v) is 4.89. The number of anilines is 2. The molecule has 0 bridgehead atoms. The Labute approximate surface area is 168 Å². The maximum Gasteiger partial charge on any atom is 0.255 e. The molecule has 29 heavy (non-hydrogen) atoms. The SMILES string of the molecule is O=C(Nc1ccc(-c2ccccc2)c2c1C(=O)NC2)c1ccc(NCCO)cc1. The standard InChI is InChI=1S/C23H21N3O3/c27-13-12-24-17-8-6-16(7-9-17)22(28)26-20-11-10-18(15-4-2-1-3-5-15)19-14-25-23(29)21(19)20/h1-11,24,27H,12-14H2,(H,25,29)(H,26,28). The van der Waals surface area contributed by atoms with Crippen LogP contribution in [0.3, 0.4) is 0 Å². The Morgan fingerprint density at radius 3 is 2.48 bits per heavy atom. The summed E-state index contributed by atoms with van der Waals surface area (Å²) in [7, 11) is 0. The highest BCUT2D eigenvalue weighted by Crippen LogP contribution is 2.34. The minimum absolute atomic E-state index is 0.0361. The molecule has 0 unspecified atom stereocenters. The van der Waals surface area contributed by atoms with Crippen molar-refractivity contribution < 1.29 is 14.7 Å². The summed E-state index contributed by atoms with van der Waals surface area (Å²) < 4.78 is 0. The van der Waals surface area contributed by atoms with Crippen LogP contribution in [0.15, 0.2) is 66.7 Å². The van der Waals surface area contributed by atoms with Crippen molar-refractivity contribution in [2.45, 2.75) is 6.54 Å². The van der Waals surface area contributed by atoms with E-state index in [2.05, 4.69) is 16.0 Å². The molecule has 0 fully saturated rings. The number of rotatable bonds is 6. The molecule has 0 radical (unpaired) electrons. The van der Waals surface area contributed by atoms with E-state index in [9.17, 15) is 9.59 Å². The van der Waals surface area contributed by atoms with E-state index in [0.29, 0.717) is 29.9 Å². The second-order valence-electron chi connectivity index (χ2n) is 6.74. The predicted octanol–water partition coefficient (Wildman–Crippen LogP) is 3.25. The van der Waals surface area contributed by atoms with Crippen molar-refractivity contribution in [3.8, 4) is 11.1 Å². The summed E-state index contributed by atoms with van der Waals surface area (Å²) in [5, 5.41) is 17.6. The molecule has 1 heterocycles. The van der Waals surface area contributed by atoms with Gasteiger partial charge in [-0.25, -0.2) is 0 Å². The van der Waals surface area contributed by atoms with Gasteiger partial charge in [-0.1, -0.05) is 36.4 Å². The van der Waals surface area contributed by atoms with Crippen molar-refractivity contribution in [3.63, 3.8) is 0 Å². The highest BCUT2D eigenvalue weighted by Gasteiger charge is 2.26. The molecule has 2 amide bonds. The van der Waals surface area contributed by atoms with Gasteiger partial charge in [-0.15, -0.1) is 0 Å². The molecule has 146 valence electrons. The third kappa shape index (κ3) is 3.83. The molecule has 4 rings (SSSR count). The maximum absolute atomic E-state index is 12.7. The summed E-state index contributed by atoms with van der Waals surface area (Å²) in [6.45, 7) is 0.919. The summed E-state index contributed by atoms with van der Waals surface area (Å²) in [6, 6.07) is 20.6. The second kappa shape index (κ2) is 8.16. The van der Waals surface area contributed by atoms with E-state index in [0.717, 1.165) is 22.4 Å². The molecule has 3 aromatic carbocycles. The highest BCUT2D eigenvalue weighted by atomic mass is 16.3. The zero-order chi connectivity index (χ0) is 20.2. The Hall–Kier alpha value is -3.64. The van der Waals surface area contributed by atoms with Crippen LogP contribution in [0.4, 0.5) is 11.4 Å². The molecular formula is C23H21N3O3. The Bertz CT molecular complexity index is 1050. The first-order valence-corrected chi connectivity index (χ1v) is 9.43. The molecule has 1 aliphatic rings. The van der Waals surface area contributed by atoms with Crippen LogP contribution >= 0.6 is 0 Å². The van der Waals surface area contributed by atoms with Crippen molar-refractivity contribution >= 4 is 23.2 Å². The van der Waals surface area contributed by atoms with Gasteiger partial charge in [-0.2, -0.15) is 0 Å². The first kappa shape index (κ1) is 18.7. The highest BCUT2D eigenvalue weighted by molar-refractivity contribution is 6.11. The number of amides is 2. The minimum Gasteiger partial charge on any atom is -0.395 e. The Morgan fingerprint density at radius 2 is 1.76 bits per heavy atom. The van der Waals surface area contributed by atoms with Gasteiger partial charge in [0.1, 0.15) is 0 Å². The topological polar surface area (TPSA) is 90.5 Å². The van der Waals surface area contributed by atoms with Crippen LogP contribution in [0.2, 0.25) is 0 Å². The summed E-state index contributed by atoms with van der Waals surface area (Å²) >= 11 is 0. The van der Waals surface area contributed by atoms with E-state index in [1.807, 2.05) is 36.4 Å². The molecule has 6 heteroatoms. The minimum atomic E-state index is -0.284. The van der Waals surface area contributed by atoms with Gasteiger partial charge in [0.25, 0.3) is 11.8 Å². The number of nitrogens with one attached hydrogen (secondary N) is 3. The summed E-state index contributed by atoms with van der Waals surface area (Å²) in [6.07, 6.45) is 0. The molecule has 0 atom stereocenters. The van der Waals surface area contributed by atoms with Gasteiger partial charge in [-0.3, -0.25) is 9.59 Å². The van der Waals surface area contributed by atoms with Crippen molar-refractivity contribution in [2.24, 2.45) is 0 Å². The van der Waals surface area contributed by atoms with Crippen LogP contribution in [-0.4, -0.2) is 30.1 Å². The number of fused-ring (bicyclic) bond motifs is 1. The van der Waals surface area contributed by atoms with Crippen molar-refractivity contribution in [1.29, 1.82) is 0 Å². The van der Waals surface area contributed by atoms with Gasteiger partial charge in [-0.05, 0) is 47.0 Å². The number of benzene rings is 3. The zero-order valence-corrected chi connectivity index (χ0v) is 15.7. The van der Waals surface area contributed by atoms with Gasteiger partial charge in [0, 0.05) is 24.3 Å². The molecule has 0 spiro atoms. The molecule has 3 aromatic rings. The first-order chi connectivity index (χ1) is 14.2. The second-order valence-corrected chi connectivity index (χ2v) is 6.74. The number of aliphatic hydroxyl groups excluding tert-OH is 1. The lowest BCUT2D eigenvalue weighted by Gasteiger charge is -2.13. The average molecular weight is 387 g/mol. The van der Waals surface area contributed by atoms with E-state index in [4.69, 9.17) is 5.11 Å². The lowest BCUT2D eigenvalue weighted by molar-refractivity contribution is 0.0966. The molecule has 6 nitrogen and oxygen atoms in total. The van der Waals surface area contributed by atoms with E-state index in [1.165, 1.54) is 0 Å². The molecule has 0 aromatic heterocycles. The van der Waals surface area contributed by atoms with E-state index in [-0.39, 0.29) is 18.4 Å². The maximum atomic E-state index is 12.7. The van der Waals surface area contributed by atoms with Crippen LogP contribution in [-0.2, 0) is 6.54 Å². The molecule has 0 aliphatic carbocycles. The van der Waals surface area contributed by atoms with Crippen LogP contribution < -0.4 is 16.0 Å². The molecule has 0 saturated carbocycles. The number of hydrogen-bond donors (Lipinski definition) is 4. The summed E-state index contributed by atoms with van der Waals surface area (Å²) in [4.78, 5) is 25.1. The Kier molecular flexibility index (Phi) is 5.27. The predicted molar refractivity (Wildman–Crippen MR) is 113 cm³/mol. The van der Waals surface area contributed by atoms with Gasteiger partial charge >= 0.3 is 0 Å². The van der Waals surface area contributed by atoms with Gasteiger partial charge in [0.2, 0.25) is 0 Å². The van der Waals surface area contributed by atoms with E-state index >= 15 is 0 Å². The number of carbonyl (C=O) groups excluding carboxylic acids is 2. The Balaban J connectivity index is 1.60. The van der Waals surface area contributed by atoms with Crippen LogP contribution in [0, 0.1) is 0 Å². The molecule has 0 saturated heterocycles. The quantitative estimate of drug-likeness (QED) is 0.523. The molecule has 4 N–H and O–H groups in total. The lowest BCUT2D eigenvalue weighted by atomic mass is 9.95.